The molecular weight excluding hydrogens is 228 g/mol. The lowest BCUT2D eigenvalue weighted by molar-refractivity contribution is 0.0898. The van der Waals surface area contributed by atoms with Gasteiger partial charge < -0.3 is 9.47 Å². The number of hydrogen-bond donors (Lipinski definition) is 0. The van der Waals surface area contributed by atoms with E-state index in [1.807, 2.05) is 32.1 Å². The van der Waals surface area contributed by atoms with Crippen LogP contribution in [0.2, 0.25) is 0 Å². The third-order valence-electron chi connectivity index (χ3n) is 2.63. The molecule has 18 heavy (non-hydrogen) atoms. The van der Waals surface area contributed by atoms with Crippen LogP contribution in [-0.2, 0) is 4.74 Å². The summed E-state index contributed by atoms with van der Waals surface area (Å²) in [4.78, 5) is 12.2. The summed E-state index contributed by atoms with van der Waals surface area (Å²) in [5.41, 5.74) is 0.612. The van der Waals surface area contributed by atoms with E-state index in [-0.39, 0.29) is 11.9 Å². The number of allylic oxidation sites excluding steroid dienone is 2. The summed E-state index contributed by atoms with van der Waals surface area (Å²) in [5, 5.41) is 0. The van der Waals surface area contributed by atoms with Gasteiger partial charge in [-0.25, -0.2) is 0 Å². The van der Waals surface area contributed by atoms with Gasteiger partial charge in [0.15, 0.2) is 5.76 Å². The summed E-state index contributed by atoms with van der Waals surface area (Å²) in [6, 6.07) is 7.23. The van der Waals surface area contributed by atoms with E-state index in [9.17, 15) is 4.79 Å². The molecule has 0 spiro atoms. The van der Waals surface area contributed by atoms with Crippen molar-refractivity contribution in [1.82, 2.24) is 0 Å². The summed E-state index contributed by atoms with van der Waals surface area (Å²) in [7, 11) is 0. The summed E-state index contributed by atoms with van der Waals surface area (Å²) < 4.78 is 11.0. The smallest absolute Gasteiger partial charge is 0.227 e. The molecule has 1 aliphatic heterocycles. The average molecular weight is 246 g/mol. The highest BCUT2D eigenvalue weighted by atomic mass is 16.5. The van der Waals surface area contributed by atoms with Crippen LogP contribution < -0.4 is 4.74 Å². The Hall–Kier alpha value is -1.77. The lowest BCUT2D eigenvalue weighted by Gasteiger charge is -2.14. The lowest BCUT2D eigenvalue weighted by Crippen LogP contribution is -2.12. The van der Waals surface area contributed by atoms with Gasteiger partial charge in [-0.3, -0.25) is 4.79 Å². The molecule has 3 heteroatoms. The second-order valence-electron chi connectivity index (χ2n) is 4.58. The van der Waals surface area contributed by atoms with E-state index < -0.39 is 0 Å². The molecule has 0 saturated heterocycles. The minimum atomic E-state index is -0.0658. The maximum absolute atomic E-state index is 12.2. The van der Waals surface area contributed by atoms with E-state index in [1.54, 1.807) is 12.1 Å². The van der Waals surface area contributed by atoms with Crippen LogP contribution in [0.4, 0.5) is 0 Å². The Bertz CT molecular complexity index is 461. The molecule has 1 heterocycles. The second kappa shape index (κ2) is 5.71. The molecule has 96 valence electrons. The number of benzene rings is 1. The largest absolute Gasteiger partial charge is 0.491 e. The fraction of sp³-hybridized carbons (Fsp3) is 0.400. The molecular formula is C15H18O3. The fourth-order valence-electron chi connectivity index (χ4n) is 1.84. The molecule has 0 aromatic heterocycles. The molecule has 2 rings (SSSR count). The first-order valence-corrected chi connectivity index (χ1v) is 6.31. The number of ketones is 1. The average Bonchev–Trinajstić information content (AvgIpc) is 2.38. The van der Waals surface area contributed by atoms with Crippen molar-refractivity contribution in [3.8, 4) is 5.75 Å². The highest BCUT2D eigenvalue weighted by Crippen LogP contribution is 2.20. The molecule has 0 radical (unpaired) electrons. The zero-order valence-electron chi connectivity index (χ0n) is 10.8. The molecule has 0 fully saturated rings. The van der Waals surface area contributed by atoms with Crippen molar-refractivity contribution >= 4 is 5.78 Å². The Labute approximate surface area is 107 Å². The van der Waals surface area contributed by atoms with Crippen LogP contribution in [0.1, 0.15) is 37.0 Å². The zero-order chi connectivity index (χ0) is 13.0. The van der Waals surface area contributed by atoms with Crippen LogP contribution in [0.5, 0.6) is 5.75 Å². The van der Waals surface area contributed by atoms with Crippen LogP contribution in [0, 0.1) is 0 Å². The van der Waals surface area contributed by atoms with Gasteiger partial charge in [0, 0.05) is 5.56 Å². The Morgan fingerprint density at radius 2 is 2.22 bits per heavy atom. The van der Waals surface area contributed by atoms with E-state index >= 15 is 0 Å². The quantitative estimate of drug-likeness (QED) is 0.764. The van der Waals surface area contributed by atoms with Crippen molar-refractivity contribution in [2.24, 2.45) is 0 Å². The van der Waals surface area contributed by atoms with Gasteiger partial charge in [0.2, 0.25) is 5.78 Å². The van der Waals surface area contributed by atoms with Gasteiger partial charge in [-0.05, 0) is 44.9 Å². The van der Waals surface area contributed by atoms with E-state index in [2.05, 4.69) is 0 Å². The maximum Gasteiger partial charge on any atom is 0.227 e. The number of hydrogen-bond acceptors (Lipinski definition) is 3. The van der Waals surface area contributed by atoms with Gasteiger partial charge in [-0.15, -0.1) is 0 Å². The van der Waals surface area contributed by atoms with Crippen molar-refractivity contribution in [1.29, 1.82) is 0 Å². The van der Waals surface area contributed by atoms with Crippen LogP contribution in [0.3, 0.4) is 0 Å². The zero-order valence-corrected chi connectivity index (χ0v) is 10.8. The SMILES string of the molecule is CC(C)Oc1cccc(C(=O)C2=CCCCO2)c1. The van der Waals surface area contributed by atoms with Gasteiger partial charge in [-0.1, -0.05) is 12.1 Å². The number of carbonyl (C=O) groups excluding carboxylic acids is 1. The standard InChI is InChI=1S/C15H18O3/c1-11(2)18-13-7-5-6-12(10-13)15(16)14-8-3-4-9-17-14/h5-8,10-11H,3-4,9H2,1-2H3. The predicted octanol–water partition coefficient (Wildman–Crippen LogP) is 3.35. The van der Waals surface area contributed by atoms with Crippen LogP contribution in [0.15, 0.2) is 36.1 Å². The van der Waals surface area contributed by atoms with E-state index in [1.165, 1.54) is 0 Å². The lowest BCUT2D eigenvalue weighted by atomic mass is 10.1. The third kappa shape index (κ3) is 3.13. The second-order valence-corrected chi connectivity index (χ2v) is 4.58. The molecule has 0 unspecified atom stereocenters. The van der Waals surface area contributed by atoms with Gasteiger partial charge in [0.25, 0.3) is 0 Å². The molecule has 0 bridgehead atoms. The highest BCUT2D eigenvalue weighted by molar-refractivity contribution is 6.07. The fourth-order valence-corrected chi connectivity index (χ4v) is 1.84. The van der Waals surface area contributed by atoms with Crippen LogP contribution in [0.25, 0.3) is 0 Å². The first kappa shape index (κ1) is 12.7. The maximum atomic E-state index is 12.2. The third-order valence-corrected chi connectivity index (χ3v) is 2.63. The van der Waals surface area contributed by atoms with Crippen LogP contribution >= 0.6 is 0 Å². The Kier molecular flexibility index (Phi) is 4.03. The molecule has 0 aliphatic carbocycles. The molecule has 1 aromatic carbocycles. The Morgan fingerprint density at radius 1 is 1.39 bits per heavy atom. The molecule has 3 nitrogen and oxygen atoms in total. The molecule has 0 N–H and O–H groups in total. The normalized spacial score (nSPS) is 14.9. The summed E-state index contributed by atoms with van der Waals surface area (Å²) in [6.07, 6.45) is 3.85. The summed E-state index contributed by atoms with van der Waals surface area (Å²) in [6.45, 7) is 4.54. The van der Waals surface area contributed by atoms with E-state index in [0.717, 1.165) is 12.8 Å². The minimum Gasteiger partial charge on any atom is -0.491 e. The van der Waals surface area contributed by atoms with Crippen molar-refractivity contribution in [2.75, 3.05) is 6.61 Å². The minimum absolute atomic E-state index is 0.0658. The molecule has 1 aliphatic rings. The highest BCUT2D eigenvalue weighted by Gasteiger charge is 2.16. The summed E-state index contributed by atoms with van der Waals surface area (Å²) >= 11 is 0. The number of carbonyl (C=O) groups is 1. The molecule has 0 atom stereocenters. The van der Waals surface area contributed by atoms with Crippen molar-refractivity contribution < 1.29 is 14.3 Å². The number of ether oxygens (including phenoxy) is 2. The van der Waals surface area contributed by atoms with Crippen molar-refractivity contribution in [3.63, 3.8) is 0 Å². The van der Waals surface area contributed by atoms with E-state index in [0.29, 0.717) is 23.7 Å². The first-order valence-electron chi connectivity index (χ1n) is 6.31. The Balaban J connectivity index is 2.17. The Morgan fingerprint density at radius 3 is 2.89 bits per heavy atom. The molecule has 1 aromatic rings. The van der Waals surface area contributed by atoms with Crippen molar-refractivity contribution in [3.05, 3.63) is 41.7 Å². The monoisotopic (exact) mass is 246 g/mol. The van der Waals surface area contributed by atoms with E-state index in [4.69, 9.17) is 9.47 Å². The van der Waals surface area contributed by atoms with Gasteiger partial charge in [-0.2, -0.15) is 0 Å². The summed E-state index contributed by atoms with van der Waals surface area (Å²) in [5.74, 6) is 1.11. The molecule has 0 saturated carbocycles. The van der Waals surface area contributed by atoms with Gasteiger partial charge in [0.1, 0.15) is 5.75 Å². The first-order chi connectivity index (χ1) is 8.66. The topological polar surface area (TPSA) is 35.5 Å². The van der Waals surface area contributed by atoms with Crippen LogP contribution in [-0.4, -0.2) is 18.5 Å². The number of Topliss-reactive ketones (excluding diaryl/α,β-unsaturated/α-hetero) is 1. The number of rotatable bonds is 4. The predicted molar refractivity (Wildman–Crippen MR) is 69.8 cm³/mol. The van der Waals surface area contributed by atoms with Gasteiger partial charge >= 0.3 is 0 Å². The molecule has 0 amide bonds. The van der Waals surface area contributed by atoms with Gasteiger partial charge in [0.05, 0.1) is 12.7 Å². The van der Waals surface area contributed by atoms with Crippen molar-refractivity contribution in [2.45, 2.75) is 32.8 Å².